The first-order valence-corrected chi connectivity index (χ1v) is 7.66. The van der Waals surface area contributed by atoms with Crippen molar-refractivity contribution in [2.45, 2.75) is 27.3 Å². The lowest BCUT2D eigenvalue weighted by Crippen LogP contribution is -2.19. The summed E-state index contributed by atoms with van der Waals surface area (Å²) in [6.07, 6.45) is 0. The molecule has 0 saturated carbocycles. The minimum atomic E-state index is 0.632. The number of nitrogens with one attached hydrogen (secondary N) is 1. The van der Waals surface area contributed by atoms with E-state index in [0.717, 1.165) is 40.7 Å². The molecule has 2 nitrogen and oxygen atoms in total. The number of hydrogen-bond acceptors (Lipinski definition) is 2. The molecule has 0 aliphatic heterocycles. The lowest BCUT2D eigenvalue weighted by atomic mass is 10.2. The van der Waals surface area contributed by atoms with Crippen molar-refractivity contribution in [1.29, 1.82) is 0 Å². The van der Waals surface area contributed by atoms with Crippen LogP contribution in [0.4, 0.5) is 0 Å². The molecule has 2 rings (SSSR count). The molecule has 0 aliphatic carbocycles. The van der Waals surface area contributed by atoms with Gasteiger partial charge in [-0.05, 0) is 48.7 Å². The summed E-state index contributed by atoms with van der Waals surface area (Å²) in [7, 11) is 0. The van der Waals surface area contributed by atoms with Crippen molar-refractivity contribution in [1.82, 2.24) is 5.32 Å². The molecule has 0 saturated heterocycles. The summed E-state index contributed by atoms with van der Waals surface area (Å²) in [5.41, 5.74) is 2.20. The van der Waals surface area contributed by atoms with Crippen molar-refractivity contribution < 1.29 is 4.74 Å². The van der Waals surface area contributed by atoms with Gasteiger partial charge in [0.15, 0.2) is 0 Å². The van der Waals surface area contributed by atoms with E-state index in [0.29, 0.717) is 5.92 Å². The van der Waals surface area contributed by atoms with Gasteiger partial charge in [-0.2, -0.15) is 0 Å². The molecular formula is C18H22ClNO. The zero-order valence-corrected chi connectivity index (χ0v) is 13.6. The van der Waals surface area contributed by atoms with Gasteiger partial charge in [-0.1, -0.05) is 49.7 Å². The summed E-state index contributed by atoms with van der Waals surface area (Å²) in [5, 5.41) is 4.13. The summed E-state index contributed by atoms with van der Waals surface area (Å²) < 4.78 is 5.88. The molecular weight excluding hydrogens is 282 g/mol. The zero-order chi connectivity index (χ0) is 15.2. The molecule has 2 aromatic carbocycles. The molecule has 0 radical (unpaired) electrons. The van der Waals surface area contributed by atoms with E-state index in [1.165, 1.54) is 0 Å². The van der Waals surface area contributed by atoms with Gasteiger partial charge in [0, 0.05) is 11.6 Å². The highest BCUT2D eigenvalue weighted by Gasteiger charge is 2.05. The molecule has 0 amide bonds. The average Bonchev–Trinajstić information content (AvgIpc) is 2.43. The van der Waals surface area contributed by atoms with Crippen LogP contribution >= 0.6 is 11.6 Å². The highest BCUT2D eigenvalue weighted by Crippen LogP contribution is 2.28. The predicted molar refractivity (Wildman–Crippen MR) is 89.2 cm³/mol. The molecule has 1 N–H and O–H groups in total. The third kappa shape index (κ3) is 4.76. The summed E-state index contributed by atoms with van der Waals surface area (Å²) in [4.78, 5) is 0. The van der Waals surface area contributed by atoms with Gasteiger partial charge in [-0.3, -0.25) is 0 Å². The van der Waals surface area contributed by atoms with Gasteiger partial charge in [-0.25, -0.2) is 0 Å². The van der Waals surface area contributed by atoms with E-state index in [4.69, 9.17) is 16.3 Å². The Hall–Kier alpha value is -1.51. The monoisotopic (exact) mass is 303 g/mol. The Kier molecular flexibility index (Phi) is 5.66. The van der Waals surface area contributed by atoms with Crippen molar-refractivity contribution in [3.8, 4) is 11.5 Å². The predicted octanol–water partition coefficient (Wildman–Crippen LogP) is 5.19. The number of halogens is 1. The van der Waals surface area contributed by atoms with Crippen molar-refractivity contribution >= 4 is 11.6 Å². The highest BCUT2D eigenvalue weighted by molar-refractivity contribution is 6.31. The van der Waals surface area contributed by atoms with E-state index in [-0.39, 0.29) is 0 Å². The van der Waals surface area contributed by atoms with Crippen LogP contribution in [0.15, 0.2) is 42.5 Å². The Bertz CT molecular complexity index is 596. The summed E-state index contributed by atoms with van der Waals surface area (Å²) >= 11 is 6.33. The van der Waals surface area contributed by atoms with Crippen LogP contribution in [0.2, 0.25) is 5.02 Å². The van der Waals surface area contributed by atoms with Gasteiger partial charge in [0.05, 0.1) is 0 Å². The molecule has 0 fully saturated rings. The van der Waals surface area contributed by atoms with Gasteiger partial charge in [0.25, 0.3) is 0 Å². The fourth-order valence-electron chi connectivity index (χ4n) is 2.03. The van der Waals surface area contributed by atoms with Gasteiger partial charge in [0.1, 0.15) is 11.5 Å². The standard InChI is InChI=1S/C18H22ClNO/c1-13(2)11-20-12-15-8-9-16(10-17(15)19)21-18-7-5-4-6-14(18)3/h4-10,13,20H,11-12H2,1-3H3. The van der Waals surface area contributed by atoms with Crippen molar-refractivity contribution in [2.24, 2.45) is 5.92 Å². The third-order valence-corrected chi connectivity index (χ3v) is 3.57. The highest BCUT2D eigenvalue weighted by atomic mass is 35.5. The number of rotatable bonds is 6. The lowest BCUT2D eigenvalue weighted by molar-refractivity contribution is 0.478. The van der Waals surface area contributed by atoms with Crippen molar-refractivity contribution in [3.05, 3.63) is 58.6 Å². The minimum Gasteiger partial charge on any atom is -0.457 e. The Balaban J connectivity index is 2.03. The minimum absolute atomic E-state index is 0.632. The molecule has 0 atom stereocenters. The van der Waals surface area contributed by atoms with Gasteiger partial charge >= 0.3 is 0 Å². The molecule has 3 heteroatoms. The second kappa shape index (κ2) is 7.48. The fourth-order valence-corrected chi connectivity index (χ4v) is 2.27. The van der Waals surface area contributed by atoms with Gasteiger partial charge in [0.2, 0.25) is 0 Å². The van der Waals surface area contributed by atoms with Crippen molar-refractivity contribution in [2.75, 3.05) is 6.54 Å². The lowest BCUT2D eigenvalue weighted by Gasteiger charge is -2.12. The maximum Gasteiger partial charge on any atom is 0.130 e. The van der Waals surface area contributed by atoms with Crippen LogP contribution < -0.4 is 10.1 Å². The van der Waals surface area contributed by atoms with Gasteiger partial charge < -0.3 is 10.1 Å². The molecule has 0 bridgehead atoms. The van der Waals surface area contributed by atoms with E-state index in [1.54, 1.807) is 0 Å². The molecule has 0 heterocycles. The number of aryl methyl sites for hydroxylation is 1. The molecule has 2 aromatic rings. The second-order valence-corrected chi connectivity index (χ2v) is 6.05. The average molecular weight is 304 g/mol. The summed E-state index contributed by atoms with van der Waals surface area (Å²) in [5.74, 6) is 2.26. The van der Waals surface area contributed by atoms with Crippen LogP contribution in [0.3, 0.4) is 0 Å². The normalized spacial score (nSPS) is 10.9. The van der Waals surface area contributed by atoms with Crippen LogP contribution in [0, 0.1) is 12.8 Å². The number of hydrogen-bond donors (Lipinski definition) is 1. The SMILES string of the molecule is Cc1ccccc1Oc1ccc(CNCC(C)C)c(Cl)c1. The maximum atomic E-state index is 6.33. The Labute approximate surface area is 132 Å². The smallest absolute Gasteiger partial charge is 0.130 e. The summed E-state index contributed by atoms with van der Waals surface area (Å²) in [6.45, 7) is 8.17. The molecule has 0 aliphatic rings. The third-order valence-electron chi connectivity index (χ3n) is 3.21. The number of ether oxygens (including phenoxy) is 1. The van der Waals surface area contributed by atoms with E-state index in [2.05, 4.69) is 19.2 Å². The molecule has 21 heavy (non-hydrogen) atoms. The first-order valence-electron chi connectivity index (χ1n) is 7.29. The van der Waals surface area contributed by atoms with E-state index in [9.17, 15) is 0 Å². The zero-order valence-electron chi connectivity index (χ0n) is 12.8. The molecule has 112 valence electrons. The van der Waals surface area contributed by atoms with E-state index >= 15 is 0 Å². The van der Waals surface area contributed by atoms with Crippen LogP contribution in [0.1, 0.15) is 25.0 Å². The number of para-hydroxylation sites is 1. The van der Waals surface area contributed by atoms with E-state index in [1.807, 2.05) is 49.4 Å². The van der Waals surface area contributed by atoms with Crippen LogP contribution in [0.5, 0.6) is 11.5 Å². The molecule has 0 spiro atoms. The Morgan fingerprint density at radius 3 is 2.57 bits per heavy atom. The molecule has 0 aromatic heterocycles. The summed E-state index contributed by atoms with van der Waals surface area (Å²) in [6, 6.07) is 13.8. The quantitative estimate of drug-likeness (QED) is 0.793. The van der Waals surface area contributed by atoms with Crippen LogP contribution in [-0.2, 0) is 6.54 Å². The van der Waals surface area contributed by atoms with Crippen LogP contribution in [-0.4, -0.2) is 6.54 Å². The second-order valence-electron chi connectivity index (χ2n) is 5.65. The van der Waals surface area contributed by atoms with Crippen LogP contribution in [0.25, 0.3) is 0 Å². The maximum absolute atomic E-state index is 6.33. The Morgan fingerprint density at radius 1 is 1.14 bits per heavy atom. The first kappa shape index (κ1) is 15.9. The van der Waals surface area contributed by atoms with Gasteiger partial charge in [-0.15, -0.1) is 0 Å². The topological polar surface area (TPSA) is 21.3 Å². The molecule has 0 unspecified atom stereocenters. The first-order chi connectivity index (χ1) is 10.1. The number of benzene rings is 2. The fraction of sp³-hybridized carbons (Fsp3) is 0.333. The largest absolute Gasteiger partial charge is 0.457 e. The van der Waals surface area contributed by atoms with E-state index < -0.39 is 0 Å². The Morgan fingerprint density at radius 2 is 1.90 bits per heavy atom. The van der Waals surface area contributed by atoms with Crippen molar-refractivity contribution in [3.63, 3.8) is 0 Å².